The first-order valence-electron chi connectivity index (χ1n) is 7.23. The second kappa shape index (κ2) is 7.43. The van der Waals surface area contributed by atoms with E-state index in [1.165, 1.54) is 4.90 Å². The van der Waals surface area contributed by atoms with Gasteiger partial charge in [-0.15, -0.1) is 0 Å². The lowest BCUT2D eigenvalue weighted by atomic mass is 9.96. The standard InChI is InChI=1S/C15H20ClN3O2/c16-12-3-1-2-4-13(12)18-14(20)7-10-19-8-5-11(6-9-19)15(17)21/h1-4,11H,5-10H2,(H2,17,21)(H,18,20)/p+1. The number of piperidine rings is 1. The van der Waals surface area contributed by atoms with Gasteiger partial charge < -0.3 is 16.0 Å². The molecule has 5 nitrogen and oxygen atoms in total. The maximum absolute atomic E-state index is 11.9. The van der Waals surface area contributed by atoms with Crippen LogP contribution >= 0.6 is 11.6 Å². The molecule has 114 valence electrons. The van der Waals surface area contributed by atoms with E-state index in [0.29, 0.717) is 17.1 Å². The van der Waals surface area contributed by atoms with Crippen molar-refractivity contribution in [3.8, 4) is 0 Å². The van der Waals surface area contributed by atoms with Gasteiger partial charge in [-0.25, -0.2) is 0 Å². The summed E-state index contributed by atoms with van der Waals surface area (Å²) in [7, 11) is 0. The van der Waals surface area contributed by atoms with Crippen LogP contribution in [-0.2, 0) is 9.59 Å². The molecule has 2 rings (SSSR count). The Balaban J connectivity index is 1.73. The van der Waals surface area contributed by atoms with Gasteiger partial charge in [0.2, 0.25) is 11.8 Å². The fourth-order valence-corrected chi connectivity index (χ4v) is 2.81. The molecule has 0 aliphatic carbocycles. The van der Waals surface area contributed by atoms with E-state index in [1.54, 1.807) is 12.1 Å². The van der Waals surface area contributed by atoms with Crippen molar-refractivity contribution in [2.75, 3.05) is 25.0 Å². The first-order valence-corrected chi connectivity index (χ1v) is 7.61. The highest BCUT2D eigenvalue weighted by Gasteiger charge is 2.25. The highest BCUT2D eigenvalue weighted by molar-refractivity contribution is 6.33. The van der Waals surface area contributed by atoms with Crippen LogP contribution in [0.4, 0.5) is 5.69 Å². The fraction of sp³-hybridized carbons (Fsp3) is 0.467. The number of carbonyl (C=O) groups excluding carboxylic acids is 2. The summed E-state index contributed by atoms with van der Waals surface area (Å²) in [6.07, 6.45) is 2.08. The molecule has 0 saturated carbocycles. The van der Waals surface area contributed by atoms with Crippen molar-refractivity contribution in [2.45, 2.75) is 19.3 Å². The molecule has 0 spiro atoms. The first kappa shape index (κ1) is 15.8. The molecule has 1 aromatic rings. The van der Waals surface area contributed by atoms with E-state index in [1.807, 2.05) is 12.1 Å². The van der Waals surface area contributed by atoms with E-state index in [4.69, 9.17) is 17.3 Å². The third-order valence-corrected chi connectivity index (χ3v) is 4.28. The summed E-state index contributed by atoms with van der Waals surface area (Å²) in [4.78, 5) is 24.4. The monoisotopic (exact) mass is 310 g/mol. The molecule has 1 aliphatic rings. The Morgan fingerprint density at radius 2 is 1.95 bits per heavy atom. The summed E-state index contributed by atoms with van der Waals surface area (Å²) in [5.41, 5.74) is 5.96. The van der Waals surface area contributed by atoms with Crippen molar-refractivity contribution in [2.24, 2.45) is 11.7 Å². The second-order valence-electron chi connectivity index (χ2n) is 5.45. The summed E-state index contributed by atoms with van der Waals surface area (Å²) in [5.74, 6) is -0.233. The third-order valence-electron chi connectivity index (χ3n) is 3.95. The Morgan fingerprint density at radius 3 is 2.57 bits per heavy atom. The summed E-state index contributed by atoms with van der Waals surface area (Å²) < 4.78 is 0. The number of para-hydroxylation sites is 1. The Bertz CT molecular complexity index is 513. The molecule has 0 bridgehead atoms. The van der Waals surface area contributed by atoms with Crippen LogP contribution in [-0.4, -0.2) is 31.4 Å². The van der Waals surface area contributed by atoms with Gasteiger partial charge >= 0.3 is 0 Å². The Hall–Kier alpha value is -1.59. The number of hydrogen-bond acceptors (Lipinski definition) is 2. The molecular formula is C15H21ClN3O2+. The van der Waals surface area contributed by atoms with Crippen molar-refractivity contribution >= 4 is 29.1 Å². The average Bonchev–Trinajstić information content (AvgIpc) is 2.48. The van der Waals surface area contributed by atoms with Crippen molar-refractivity contribution in [3.05, 3.63) is 29.3 Å². The molecule has 1 heterocycles. The Kier molecular flexibility index (Phi) is 5.59. The van der Waals surface area contributed by atoms with Crippen molar-refractivity contribution < 1.29 is 14.5 Å². The molecule has 0 aromatic heterocycles. The number of rotatable bonds is 5. The molecule has 4 N–H and O–H groups in total. The molecule has 1 aromatic carbocycles. The molecule has 1 saturated heterocycles. The normalized spacial score (nSPS) is 21.8. The van der Waals surface area contributed by atoms with E-state index in [2.05, 4.69) is 5.32 Å². The number of hydrogen-bond donors (Lipinski definition) is 3. The minimum Gasteiger partial charge on any atom is -0.369 e. The van der Waals surface area contributed by atoms with Gasteiger partial charge in [0, 0.05) is 18.8 Å². The van der Waals surface area contributed by atoms with Gasteiger partial charge in [-0.1, -0.05) is 23.7 Å². The van der Waals surface area contributed by atoms with Crippen LogP contribution in [0, 0.1) is 5.92 Å². The van der Waals surface area contributed by atoms with E-state index in [9.17, 15) is 9.59 Å². The number of likely N-dealkylation sites (tertiary alicyclic amines) is 1. The number of carbonyl (C=O) groups is 2. The van der Waals surface area contributed by atoms with E-state index in [0.717, 1.165) is 32.5 Å². The zero-order valence-electron chi connectivity index (χ0n) is 11.9. The highest BCUT2D eigenvalue weighted by atomic mass is 35.5. The molecule has 21 heavy (non-hydrogen) atoms. The summed E-state index contributed by atoms with van der Waals surface area (Å²) in [5, 5.41) is 3.36. The molecule has 6 heteroatoms. The average molecular weight is 311 g/mol. The summed E-state index contributed by atoms with van der Waals surface area (Å²) in [6.45, 7) is 2.56. The minimum absolute atomic E-state index is 0.00528. The molecular weight excluding hydrogens is 290 g/mol. The van der Waals surface area contributed by atoms with Crippen LogP contribution in [0.5, 0.6) is 0 Å². The largest absolute Gasteiger partial charge is 0.369 e. The van der Waals surface area contributed by atoms with Gasteiger partial charge in [0.1, 0.15) is 0 Å². The van der Waals surface area contributed by atoms with Crippen molar-refractivity contribution in [3.63, 3.8) is 0 Å². The second-order valence-corrected chi connectivity index (χ2v) is 5.86. The maximum Gasteiger partial charge on any atom is 0.230 e. The molecule has 0 atom stereocenters. The number of halogens is 1. The summed E-state index contributed by atoms with van der Waals surface area (Å²) >= 11 is 6.00. The number of benzene rings is 1. The fourth-order valence-electron chi connectivity index (χ4n) is 2.63. The third kappa shape index (κ3) is 4.72. The van der Waals surface area contributed by atoms with Gasteiger partial charge in [-0.3, -0.25) is 9.59 Å². The summed E-state index contributed by atoms with van der Waals surface area (Å²) in [6, 6.07) is 7.19. The Labute approximate surface area is 129 Å². The predicted octanol–water partition coefficient (Wildman–Crippen LogP) is 0.449. The van der Waals surface area contributed by atoms with Crippen LogP contribution in [0.3, 0.4) is 0 Å². The minimum atomic E-state index is -0.203. The number of primary amides is 1. The van der Waals surface area contributed by atoms with Crippen molar-refractivity contribution in [1.29, 1.82) is 0 Å². The molecule has 0 unspecified atom stereocenters. The van der Waals surface area contributed by atoms with E-state index in [-0.39, 0.29) is 17.7 Å². The molecule has 1 fully saturated rings. The lowest BCUT2D eigenvalue weighted by Crippen LogP contribution is -3.13. The zero-order valence-corrected chi connectivity index (χ0v) is 12.7. The van der Waals surface area contributed by atoms with E-state index < -0.39 is 0 Å². The van der Waals surface area contributed by atoms with Gasteiger partial charge in [0.15, 0.2) is 0 Å². The van der Waals surface area contributed by atoms with Gasteiger partial charge in [-0.2, -0.15) is 0 Å². The van der Waals surface area contributed by atoms with Crippen molar-refractivity contribution in [1.82, 2.24) is 0 Å². The maximum atomic E-state index is 11.9. The van der Waals surface area contributed by atoms with E-state index >= 15 is 0 Å². The lowest BCUT2D eigenvalue weighted by molar-refractivity contribution is -0.905. The molecule has 2 amide bonds. The quantitative estimate of drug-likeness (QED) is 0.738. The van der Waals surface area contributed by atoms with Gasteiger partial charge in [-0.05, 0) is 12.1 Å². The van der Waals surface area contributed by atoms with Gasteiger partial charge in [0.25, 0.3) is 0 Å². The van der Waals surface area contributed by atoms with Crippen LogP contribution in [0.2, 0.25) is 5.02 Å². The molecule has 1 aliphatic heterocycles. The number of amides is 2. The van der Waals surface area contributed by atoms with Crippen LogP contribution < -0.4 is 16.0 Å². The highest BCUT2D eigenvalue weighted by Crippen LogP contribution is 2.20. The number of quaternary nitrogens is 1. The topological polar surface area (TPSA) is 76.6 Å². The van der Waals surface area contributed by atoms with Crippen LogP contribution in [0.1, 0.15) is 19.3 Å². The smallest absolute Gasteiger partial charge is 0.230 e. The Morgan fingerprint density at radius 1 is 1.29 bits per heavy atom. The molecule has 0 radical (unpaired) electrons. The number of anilines is 1. The SMILES string of the molecule is NC(=O)C1CC[NH+](CCC(=O)Nc2ccccc2Cl)CC1. The lowest BCUT2D eigenvalue weighted by Gasteiger charge is -2.27. The number of nitrogens with one attached hydrogen (secondary N) is 2. The first-order chi connectivity index (χ1) is 10.1. The van der Waals surface area contributed by atoms with Crippen LogP contribution in [0.15, 0.2) is 24.3 Å². The predicted molar refractivity (Wildman–Crippen MR) is 82.2 cm³/mol. The number of nitrogens with two attached hydrogens (primary N) is 1. The zero-order chi connectivity index (χ0) is 15.2. The van der Waals surface area contributed by atoms with Gasteiger partial charge in [0.05, 0.1) is 36.8 Å². The van der Waals surface area contributed by atoms with Crippen LogP contribution in [0.25, 0.3) is 0 Å².